The highest BCUT2D eigenvalue weighted by Gasteiger charge is 2.21. The normalized spacial score (nSPS) is 11.5. The van der Waals surface area contributed by atoms with Crippen molar-refractivity contribution in [2.75, 3.05) is 6.16 Å². The Morgan fingerprint density at radius 3 is 0.873 bits per heavy atom. The summed E-state index contributed by atoms with van der Waals surface area (Å²) in [7, 11) is -4.04. The summed E-state index contributed by atoms with van der Waals surface area (Å²) in [5, 5.41) is 0. The largest absolute Gasteiger partial charge is 0.632 e. The molecule has 0 atom stereocenters. The van der Waals surface area contributed by atoms with Crippen molar-refractivity contribution in [3.8, 4) is 33.4 Å². The molecule has 2 N–H and O–H groups in total. The maximum absolute atomic E-state index is 11.3. The molecule has 0 aliphatic carbocycles. The van der Waals surface area contributed by atoms with E-state index in [1.807, 2.05) is 24.5 Å². The molecule has 0 saturated carbocycles. The fourth-order valence-corrected chi connectivity index (χ4v) is 7.27. The standard InChI is InChI=1S/C45H47N6O3P/c1-3-46-17-5-40(6-18-46)43-11-23-49(24-12-43)34-37-31-38(35-50-25-13-44(14-26-50)41-7-19-47(4-2)20-8-41)33-39(32-37)36-51-27-15-45(16-28-51)42-9-21-48(22-10-42)29-30-55(52,53)54/h5-28,31-33H,3-4,29-30,34-36H2,1-2H3/q+4/p+2. The van der Waals surface area contributed by atoms with Crippen LogP contribution in [0.15, 0.2) is 165 Å². The first-order valence-corrected chi connectivity index (χ1v) is 20.6. The highest BCUT2D eigenvalue weighted by atomic mass is 31.2. The smallest absolute Gasteiger partial charge is 0.236 e. The molecule has 0 fully saturated rings. The van der Waals surface area contributed by atoms with E-state index in [-0.39, 0.29) is 12.7 Å². The predicted molar refractivity (Wildman–Crippen MR) is 208 cm³/mol. The summed E-state index contributed by atoms with van der Waals surface area (Å²) in [4.78, 5) is 29.7. The monoisotopic (exact) mass is 752 g/mol. The van der Waals surface area contributed by atoms with Crippen LogP contribution in [0.3, 0.4) is 0 Å². The van der Waals surface area contributed by atoms with Crippen LogP contribution in [0.25, 0.3) is 33.4 Å². The Morgan fingerprint density at radius 2 is 0.636 bits per heavy atom. The molecular weight excluding hydrogens is 704 g/mol. The third-order valence-electron chi connectivity index (χ3n) is 9.93. The van der Waals surface area contributed by atoms with E-state index in [2.05, 4.69) is 178 Å². The summed E-state index contributed by atoms with van der Waals surface area (Å²) in [5.41, 5.74) is 10.6. The average molecular weight is 753 g/mol. The Labute approximate surface area is 323 Å². The van der Waals surface area contributed by atoms with Crippen molar-refractivity contribution < 1.29 is 42.1 Å². The Balaban J connectivity index is 1.10. The van der Waals surface area contributed by atoms with E-state index in [1.54, 1.807) is 4.57 Å². The van der Waals surface area contributed by atoms with Gasteiger partial charge >= 0.3 is 0 Å². The van der Waals surface area contributed by atoms with E-state index in [0.717, 1.165) is 43.9 Å². The molecule has 0 bridgehead atoms. The number of nitrogens with zero attached hydrogens (tertiary/aromatic N) is 6. The van der Waals surface area contributed by atoms with Crippen molar-refractivity contribution in [1.29, 1.82) is 0 Å². The lowest BCUT2D eigenvalue weighted by Gasteiger charge is -2.12. The maximum atomic E-state index is 11.3. The maximum Gasteiger partial charge on any atom is 0.236 e. The van der Waals surface area contributed by atoms with Crippen LogP contribution in [-0.2, 0) is 39.3 Å². The number of hydrogen-bond donors (Lipinski definition) is 2. The van der Waals surface area contributed by atoms with Gasteiger partial charge in [0.25, 0.3) is 0 Å². The third kappa shape index (κ3) is 10.4. The molecule has 0 saturated heterocycles. The van der Waals surface area contributed by atoms with Gasteiger partial charge in [0.05, 0.1) is 0 Å². The van der Waals surface area contributed by atoms with Crippen LogP contribution in [0, 0.1) is 0 Å². The van der Waals surface area contributed by atoms with Crippen LogP contribution in [0.1, 0.15) is 30.5 Å². The Morgan fingerprint density at radius 1 is 0.400 bits per heavy atom. The quantitative estimate of drug-likeness (QED) is 0.131. The lowest BCUT2D eigenvalue weighted by Crippen LogP contribution is -2.36. The summed E-state index contributed by atoms with van der Waals surface area (Å²) >= 11 is 0. The first-order valence-electron chi connectivity index (χ1n) is 18.8. The average Bonchev–Trinajstić information content (AvgIpc) is 3.21. The predicted octanol–water partition coefficient (Wildman–Crippen LogP) is 3.70. The number of hydrogen-bond acceptors (Lipinski definition) is 3. The Bertz CT molecular complexity index is 2200. The lowest BCUT2D eigenvalue weighted by molar-refractivity contribution is -0.693. The summed E-state index contributed by atoms with van der Waals surface area (Å²) in [5.74, 6) is 0. The molecule has 0 aliphatic heterocycles. The molecule has 0 amide bonds. The van der Waals surface area contributed by atoms with Gasteiger partial charge in [-0.1, -0.05) is 0 Å². The van der Waals surface area contributed by atoms with Gasteiger partial charge < -0.3 is 4.89 Å². The minimum Gasteiger partial charge on any atom is -0.632 e. The number of rotatable bonds is 14. The Kier molecular flexibility index (Phi) is 11.8. The van der Waals surface area contributed by atoms with E-state index in [1.165, 1.54) is 38.9 Å². The second kappa shape index (κ2) is 17.3. The van der Waals surface area contributed by atoms with Crippen molar-refractivity contribution in [1.82, 2.24) is 0 Å². The number of aromatic nitrogens is 6. The topological polar surface area (TPSA) is 86.8 Å². The molecule has 10 heteroatoms. The zero-order valence-electron chi connectivity index (χ0n) is 31.5. The highest BCUT2D eigenvalue weighted by molar-refractivity contribution is 7.57. The second-order valence-electron chi connectivity index (χ2n) is 14.0. The van der Waals surface area contributed by atoms with E-state index in [4.69, 9.17) is 0 Å². The zero-order valence-corrected chi connectivity index (χ0v) is 32.4. The van der Waals surface area contributed by atoms with Crippen molar-refractivity contribution in [2.45, 2.75) is 53.1 Å². The highest BCUT2D eigenvalue weighted by Crippen LogP contribution is 2.38. The SMILES string of the molecule is CC[n+]1ccc(-c2cc[n+](Cc3cc(C[n+]4ccc(-c5cc[n+](CC)cc5)cc4)cc(C[n+]4ccc(-c5cc[n+](CC[P+]([O-])(O)O)cc5)cc4)c3)cc2)cc1. The first kappa shape index (κ1) is 37.7. The van der Waals surface area contributed by atoms with Gasteiger partial charge in [-0.05, 0) is 65.4 Å². The van der Waals surface area contributed by atoms with Crippen LogP contribution < -0.4 is 32.3 Å². The van der Waals surface area contributed by atoms with E-state index < -0.39 is 7.94 Å². The summed E-state index contributed by atoms with van der Waals surface area (Å²) in [6, 6.07) is 32.5. The molecule has 7 aromatic rings. The molecule has 9 nitrogen and oxygen atoms in total. The van der Waals surface area contributed by atoms with E-state index >= 15 is 0 Å². The van der Waals surface area contributed by atoms with Gasteiger partial charge in [-0.25, -0.2) is 37.2 Å². The van der Waals surface area contributed by atoms with Crippen LogP contribution in [0.2, 0.25) is 0 Å². The van der Waals surface area contributed by atoms with Crippen molar-refractivity contribution in [3.63, 3.8) is 0 Å². The molecule has 0 radical (unpaired) electrons. The molecule has 1 aromatic carbocycles. The van der Waals surface area contributed by atoms with Crippen molar-refractivity contribution in [3.05, 3.63) is 182 Å². The van der Waals surface area contributed by atoms with Gasteiger partial charge in [0.15, 0.2) is 107 Å². The van der Waals surface area contributed by atoms with E-state index in [0.29, 0.717) is 0 Å². The number of aryl methyl sites for hydroxylation is 3. The fourth-order valence-electron chi connectivity index (χ4n) is 6.78. The molecule has 7 rings (SSSR count). The molecule has 6 heterocycles. The minimum absolute atomic E-state index is 0.178. The van der Waals surface area contributed by atoms with Gasteiger partial charge in [-0.3, -0.25) is 0 Å². The van der Waals surface area contributed by atoms with Gasteiger partial charge in [-0.2, -0.15) is 0 Å². The van der Waals surface area contributed by atoms with Crippen molar-refractivity contribution in [2.24, 2.45) is 0 Å². The second-order valence-corrected chi connectivity index (χ2v) is 15.8. The van der Waals surface area contributed by atoms with Gasteiger partial charge in [0.1, 0.15) is 13.1 Å². The minimum atomic E-state index is -4.04. The molecule has 276 valence electrons. The zero-order chi connectivity index (χ0) is 38.2. The number of pyridine rings is 6. The summed E-state index contributed by atoms with van der Waals surface area (Å²) < 4.78 is 12.8. The van der Waals surface area contributed by atoms with Crippen molar-refractivity contribution >= 4 is 7.94 Å². The van der Waals surface area contributed by atoms with Gasteiger partial charge in [0, 0.05) is 89.5 Å². The van der Waals surface area contributed by atoms with Gasteiger partial charge in [-0.15, -0.1) is 0 Å². The molecule has 6 aromatic heterocycles. The van der Waals surface area contributed by atoms with Crippen LogP contribution in [-0.4, -0.2) is 15.9 Å². The van der Waals surface area contributed by atoms with Crippen LogP contribution >= 0.6 is 7.94 Å². The summed E-state index contributed by atoms with van der Waals surface area (Å²) in [6.45, 7) is 8.71. The molecule has 0 unspecified atom stereocenters. The number of benzene rings is 1. The summed E-state index contributed by atoms with van der Waals surface area (Å²) in [6.07, 6.45) is 24.9. The van der Waals surface area contributed by atoms with E-state index in [9.17, 15) is 14.7 Å². The molecular formula is C45H49N6O3P+6. The third-order valence-corrected chi connectivity index (χ3v) is 10.7. The molecule has 0 aliphatic rings. The van der Waals surface area contributed by atoms with Gasteiger partial charge in [0.2, 0.25) is 7.94 Å². The first-order chi connectivity index (χ1) is 26.7. The fraction of sp³-hybridized carbons (Fsp3) is 0.200. The Hall–Kier alpha value is -5.57. The molecule has 0 spiro atoms. The van der Waals surface area contributed by atoms with Crippen LogP contribution in [0.5, 0.6) is 0 Å². The lowest BCUT2D eigenvalue weighted by atomic mass is 10.0. The molecule has 55 heavy (non-hydrogen) atoms. The van der Waals surface area contributed by atoms with Crippen LogP contribution in [0.4, 0.5) is 0 Å².